The topological polar surface area (TPSA) is 26.3 Å². The summed E-state index contributed by atoms with van der Waals surface area (Å²) < 4.78 is 13.5. The SMILES string of the molecule is C1=Cc2c(oc3c2cc(-c2c4ccccc4c(-c4cccc(-c5ccc6ccccc6c5)c4)c4ccccc24)c2oc4ccccc4c23)CC1. The van der Waals surface area contributed by atoms with Gasteiger partial charge in [0.1, 0.15) is 22.5 Å². The van der Waals surface area contributed by atoms with Gasteiger partial charge in [-0.2, -0.15) is 0 Å². The fourth-order valence-electron chi connectivity index (χ4n) is 8.43. The van der Waals surface area contributed by atoms with E-state index in [-0.39, 0.29) is 0 Å². The van der Waals surface area contributed by atoms with E-state index in [1.807, 2.05) is 6.07 Å². The molecule has 2 nitrogen and oxygen atoms in total. The van der Waals surface area contributed by atoms with E-state index in [9.17, 15) is 0 Å². The molecule has 8 aromatic carbocycles. The van der Waals surface area contributed by atoms with E-state index >= 15 is 0 Å². The summed E-state index contributed by atoms with van der Waals surface area (Å²) in [7, 11) is 0. The Morgan fingerprint density at radius 1 is 0.440 bits per heavy atom. The molecule has 0 bridgehead atoms. The van der Waals surface area contributed by atoms with Gasteiger partial charge in [-0.1, -0.05) is 133 Å². The average molecular weight is 639 g/mol. The molecule has 0 aliphatic heterocycles. The second kappa shape index (κ2) is 10.6. The Balaban J connectivity index is 1.23. The summed E-state index contributed by atoms with van der Waals surface area (Å²) in [5.41, 5.74) is 11.0. The largest absolute Gasteiger partial charge is 0.460 e. The number of allylic oxidation sites excluding steroid dienone is 1. The molecule has 50 heavy (non-hydrogen) atoms. The van der Waals surface area contributed by atoms with Crippen molar-refractivity contribution < 1.29 is 8.83 Å². The molecule has 0 fully saturated rings. The minimum Gasteiger partial charge on any atom is -0.460 e. The lowest BCUT2D eigenvalue weighted by atomic mass is 9.84. The number of hydrogen-bond acceptors (Lipinski definition) is 2. The van der Waals surface area contributed by atoms with E-state index in [1.165, 1.54) is 65.7 Å². The summed E-state index contributed by atoms with van der Waals surface area (Å²) in [6.07, 6.45) is 6.41. The van der Waals surface area contributed by atoms with Gasteiger partial charge in [0.05, 0.1) is 5.39 Å². The van der Waals surface area contributed by atoms with Gasteiger partial charge in [0.15, 0.2) is 0 Å². The van der Waals surface area contributed by atoms with Crippen molar-refractivity contribution in [2.45, 2.75) is 12.8 Å². The Morgan fingerprint density at radius 2 is 1.10 bits per heavy atom. The van der Waals surface area contributed by atoms with Crippen molar-refractivity contribution in [2.75, 3.05) is 0 Å². The van der Waals surface area contributed by atoms with Crippen molar-refractivity contribution >= 4 is 71.3 Å². The molecule has 2 aromatic heterocycles. The van der Waals surface area contributed by atoms with Crippen LogP contribution >= 0.6 is 0 Å². The van der Waals surface area contributed by atoms with Gasteiger partial charge >= 0.3 is 0 Å². The second-order valence-corrected chi connectivity index (χ2v) is 13.5. The van der Waals surface area contributed by atoms with Crippen LogP contribution in [-0.4, -0.2) is 0 Å². The molecule has 0 N–H and O–H groups in total. The maximum atomic E-state index is 6.81. The number of rotatable bonds is 3. The monoisotopic (exact) mass is 638 g/mol. The summed E-state index contributed by atoms with van der Waals surface area (Å²) in [6.45, 7) is 0. The van der Waals surface area contributed by atoms with Gasteiger partial charge in [0.25, 0.3) is 0 Å². The van der Waals surface area contributed by atoms with E-state index in [1.54, 1.807) is 0 Å². The average Bonchev–Trinajstić information content (AvgIpc) is 3.75. The van der Waals surface area contributed by atoms with Crippen LogP contribution in [0.2, 0.25) is 0 Å². The highest BCUT2D eigenvalue weighted by atomic mass is 16.3. The Kier molecular flexibility index (Phi) is 5.82. The van der Waals surface area contributed by atoms with Gasteiger partial charge in [-0.05, 0) is 85.3 Å². The predicted molar refractivity (Wildman–Crippen MR) is 210 cm³/mol. The lowest BCUT2D eigenvalue weighted by Gasteiger charge is -2.18. The molecule has 234 valence electrons. The standard InChI is InChI=1S/C48H30O2/c1-2-13-30-26-32(25-24-29(30)12-1)31-14-11-15-33(27-31)44-35-17-3-5-19-37(35)45(38-20-6-4-18-36(38)44)41-28-40-34-16-7-9-22-42(34)49-47(40)46-39-21-8-10-23-43(39)50-48(41)46/h1-8,10-21,23-28H,9,22H2. The lowest BCUT2D eigenvalue weighted by molar-refractivity contribution is 0.548. The predicted octanol–water partition coefficient (Wildman–Crippen LogP) is 13.8. The quantitative estimate of drug-likeness (QED) is 0.180. The van der Waals surface area contributed by atoms with E-state index < -0.39 is 0 Å². The first-order chi connectivity index (χ1) is 24.8. The summed E-state index contributed by atoms with van der Waals surface area (Å²) in [4.78, 5) is 0. The molecule has 0 radical (unpaired) electrons. The van der Waals surface area contributed by atoms with Crippen LogP contribution in [0, 0.1) is 0 Å². The zero-order valence-corrected chi connectivity index (χ0v) is 27.2. The van der Waals surface area contributed by atoms with Crippen molar-refractivity contribution in [2.24, 2.45) is 0 Å². The van der Waals surface area contributed by atoms with E-state index in [0.29, 0.717) is 0 Å². The highest BCUT2D eigenvalue weighted by Crippen LogP contribution is 2.50. The Labute approximate surface area is 288 Å². The Morgan fingerprint density at radius 3 is 1.90 bits per heavy atom. The summed E-state index contributed by atoms with van der Waals surface area (Å²) in [5, 5.41) is 10.6. The van der Waals surface area contributed by atoms with Gasteiger partial charge in [-0.25, -0.2) is 0 Å². The van der Waals surface area contributed by atoms with Crippen LogP contribution in [0.25, 0.3) is 105 Å². The van der Waals surface area contributed by atoms with E-state index in [2.05, 4.69) is 152 Å². The molecule has 10 aromatic rings. The van der Waals surface area contributed by atoms with Crippen molar-refractivity contribution in [3.63, 3.8) is 0 Å². The van der Waals surface area contributed by atoms with Gasteiger partial charge in [-0.15, -0.1) is 0 Å². The normalized spacial score (nSPS) is 13.0. The van der Waals surface area contributed by atoms with Crippen LogP contribution in [-0.2, 0) is 6.42 Å². The van der Waals surface area contributed by atoms with Crippen molar-refractivity contribution in [1.82, 2.24) is 0 Å². The number of fused-ring (bicyclic) bond motifs is 10. The molecule has 2 heterocycles. The molecular formula is C48H30O2. The molecule has 1 aliphatic rings. The fourth-order valence-corrected chi connectivity index (χ4v) is 8.43. The molecule has 0 saturated heterocycles. The first-order valence-electron chi connectivity index (χ1n) is 17.4. The third kappa shape index (κ3) is 3.96. The van der Waals surface area contributed by atoms with Crippen molar-refractivity contribution in [3.8, 4) is 33.4 Å². The number of hydrogen-bond donors (Lipinski definition) is 0. The molecular weight excluding hydrogens is 609 g/mol. The second-order valence-electron chi connectivity index (χ2n) is 13.5. The zero-order chi connectivity index (χ0) is 32.8. The van der Waals surface area contributed by atoms with Crippen LogP contribution in [0.4, 0.5) is 0 Å². The van der Waals surface area contributed by atoms with E-state index in [0.717, 1.165) is 57.1 Å². The number of aryl methyl sites for hydroxylation is 1. The van der Waals surface area contributed by atoms with Crippen LogP contribution in [0.1, 0.15) is 17.7 Å². The number of furan rings is 2. The minimum absolute atomic E-state index is 0.870. The van der Waals surface area contributed by atoms with Gasteiger partial charge < -0.3 is 8.83 Å². The minimum atomic E-state index is 0.870. The fraction of sp³-hybridized carbons (Fsp3) is 0.0417. The highest BCUT2D eigenvalue weighted by Gasteiger charge is 2.26. The van der Waals surface area contributed by atoms with Gasteiger partial charge in [0, 0.05) is 33.9 Å². The maximum Gasteiger partial charge on any atom is 0.147 e. The van der Waals surface area contributed by atoms with Gasteiger partial charge in [-0.3, -0.25) is 0 Å². The molecule has 0 unspecified atom stereocenters. The molecule has 0 amide bonds. The molecule has 0 atom stereocenters. The smallest absolute Gasteiger partial charge is 0.147 e. The first kappa shape index (κ1) is 27.6. The highest BCUT2D eigenvalue weighted by molar-refractivity contribution is 6.28. The molecule has 11 rings (SSSR count). The Hall–Kier alpha value is -6.38. The van der Waals surface area contributed by atoms with Crippen molar-refractivity contribution in [3.05, 3.63) is 163 Å². The summed E-state index contributed by atoms with van der Waals surface area (Å²) in [6, 6.07) is 52.8. The van der Waals surface area contributed by atoms with Crippen LogP contribution < -0.4 is 0 Å². The van der Waals surface area contributed by atoms with Crippen molar-refractivity contribution in [1.29, 1.82) is 0 Å². The molecule has 0 saturated carbocycles. The lowest BCUT2D eigenvalue weighted by Crippen LogP contribution is -1.92. The third-order valence-corrected chi connectivity index (χ3v) is 10.7. The summed E-state index contributed by atoms with van der Waals surface area (Å²) in [5.74, 6) is 1.06. The Bertz CT molecular complexity index is 2980. The van der Waals surface area contributed by atoms with Crippen LogP contribution in [0.5, 0.6) is 0 Å². The molecule has 0 spiro atoms. The summed E-state index contributed by atoms with van der Waals surface area (Å²) >= 11 is 0. The van der Waals surface area contributed by atoms with Gasteiger partial charge in [0.2, 0.25) is 0 Å². The maximum absolute atomic E-state index is 6.81. The third-order valence-electron chi connectivity index (χ3n) is 10.7. The van der Waals surface area contributed by atoms with Crippen LogP contribution in [0.15, 0.2) is 161 Å². The molecule has 1 aliphatic carbocycles. The van der Waals surface area contributed by atoms with E-state index in [4.69, 9.17) is 8.83 Å². The number of benzene rings is 8. The molecule has 2 heteroatoms. The van der Waals surface area contributed by atoms with Crippen LogP contribution in [0.3, 0.4) is 0 Å². The first-order valence-corrected chi connectivity index (χ1v) is 17.4. The zero-order valence-electron chi connectivity index (χ0n) is 27.2. The number of para-hydroxylation sites is 1.